The molecule has 0 aliphatic carbocycles. The monoisotopic (exact) mass is 187 g/mol. The summed E-state index contributed by atoms with van der Waals surface area (Å²) in [6.07, 6.45) is -4.52. The van der Waals surface area contributed by atoms with E-state index in [2.05, 4.69) is 4.84 Å². The van der Waals surface area contributed by atoms with E-state index in [0.717, 1.165) is 0 Å². The van der Waals surface area contributed by atoms with E-state index in [4.69, 9.17) is 5.11 Å². The minimum absolute atomic E-state index is 0.00653. The van der Waals surface area contributed by atoms with Crippen molar-refractivity contribution in [2.75, 3.05) is 13.2 Å². The van der Waals surface area contributed by atoms with E-state index in [1.165, 1.54) is 0 Å². The Bertz CT molecular complexity index is 118. The summed E-state index contributed by atoms with van der Waals surface area (Å²) in [4.78, 5) is 4.04. The number of alkyl halides is 3. The lowest BCUT2D eigenvalue weighted by Crippen LogP contribution is -2.30. The molecule has 0 aromatic rings. The molecule has 12 heavy (non-hydrogen) atoms. The third kappa shape index (κ3) is 7.77. The number of nitrogens with one attached hydrogen (secondary N) is 1. The summed E-state index contributed by atoms with van der Waals surface area (Å²) < 4.78 is 34.3. The molecule has 6 heteroatoms. The molecule has 0 aromatic heterocycles. The van der Waals surface area contributed by atoms with Gasteiger partial charge in [0.25, 0.3) is 0 Å². The van der Waals surface area contributed by atoms with Gasteiger partial charge in [0.15, 0.2) is 6.61 Å². The number of hydrogen-bond acceptors (Lipinski definition) is 3. The maximum absolute atomic E-state index is 11.4. The van der Waals surface area contributed by atoms with Gasteiger partial charge in [0, 0.05) is 6.54 Å². The fourth-order valence-corrected chi connectivity index (χ4v) is 0.432. The van der Waals surface area contributed by atoms with Gasteiger partial charge < -0.3 is 5.11 Å². The largest absolute Gasteiger partial charge is 0.413 e. The lowest BCUT2D eigenvalue weighted by molar-refractivity contribution is -0.191. The van der Waals surface area contributed by atoms with Gasteiger partial charge in [-0.25, -0.2) is 0 Å². The highest BCUT2D eigenvalue weighted by atomic mass is 19.4. The highest BCUT2D eigenvalue weighted by Gasteiger charge is 2.27. The molecule has 0 amide bonds. The molecule has 0 radical (unpaired) electrons. The Morgan fingerprint density at radius 2 is 2.08 bits per heavy atom. The van der Waals surface area contributed by atoms with Crippen LogP contribution < -0.4 is 5.48 Å². The van der Waals surface area contributed by atoms with Crippen LogP contribution in [0.2, 0.25) is 0 Å². The van der Waals surface area contributed by atoms with E-state index in [1.54, 1.807) is 6.92 Å². The van der Waals surface area contributed by atoms with Gasteiger partial charge in [-0.15, -0.1) is 0 Å². The van der Waals surface area contributed by atoms with Gasteiger partial charge in [0.05, 0.1) is 6.10 Å². The smallest absolute Gasteiger partial charge is 0.392 e. The molecule has 0 aliphatic heterocycles. The van der Waals surface area contributed by atoms with Crippen LogP contribution in [0.3, 0.4) is 0 Å². The molecule has 0 spiro atoms. The second-order valence-electron chi connectivity index (χ2n) is 2.31. The second kappa shape index (κ2) is 5.34. The Labute approximate surface area is 68.5 Å². The lowest BCUT2D eigenvalue weighted by atomic mass is 10.3. The number of aliphatic hydroxyl groups excluding tert-OH is 1. The van der Waals surface area contributed by atoms with Gasteiger partial charge in [-0.1, -0.05) is 6.92 Å². The summed E-state index contributed by atoms with van der Waals surface area (Å²) in [5.74, 6) is 0. The molecule has 2 N–H and O–H groups in total. The summed E-state index contributed by atoms with van der Waals surface area (Å²) in [7, 11) is 0. The number of hydrogen-bond donors (Lipinski definition) is 2. The minimum Gasteiger partial charge on any atom is -0.392 e. The fraction of sp³-hybridized carbons (Fsp3) is 1.00. The van der Waals surface area contributed by atoms with Gasteiger partial charge in [0.2, 0.25) is 0 Å². The first-order valence-electron chi connectivity index (χ1n) is 3.55. The van der Waals surface area contributed by atoms with Crippen molar-refractivity contribution in [3.8, 4) is 0 Å². The van der Waals surface area contributed by atoms with Crippen molar-refractivity contribution in [2.24, 2.45) is 0 Å². The second-order valence-corrected chi connectivity index (χ2v) is 2.31. The van der Waals surface area contributed by atoms with Crippen LogP contribution in [0.5, 0.6) is 0 Å². The molecule has 0 aromatic carbocycles. The molecule has 0 saturated carbocycles. The van der Waals surface area contributed by atoms with Gasteiger partial charge in [-0.3, -0.25) is 4.84 Å². The summed E-state index contributed by atoms with van der Waals surface area (Å²) in [6.45, 7) is 0.381. The lowest BCUT2D eigenvalue weighted by Gasteiger charge is -2.10. The Morgan fingerprint density at radius 3 is 2.50 bits per heavy atom. The van der Waals surface area contributed by atoms with E-state index in [0.29, 0.717) is 6.42 Å². The number of hydroxylamine groups is 1. The Balaban J connectivity index is 3.22. The quantitative estimate of drug-likeness (QED) is 0.495. The first-order chi connectivity index (χ1) is 5.45. The fourth-order valence-electron chi connectivity index (χ4n) is 0.432. The highest BCUT2D eigenvalue weighted by molar-refractivity contribution is 4.51. The van der Waals surface area contributed by atoms with E-state index in [-0.39, 0.29) is 6.54 Å². The van der Waals surface area contributed by atoms with Crippen LogP contribution in [-0.4, -0.2) is 30.5 Å². The molecular formula is C6H12F3NO2. The maximum Gasteiger partial charge on any atom is 0.413 e. The van der Waals surface area contributed by atoms with Crippen LogP contribution in [0.4, 0.5) is 13.2 Å². The summed E-state index contributed by atoms with van der Waals surface area (Å²) in [5.41, 5.74) is 2.02. The van der Waals surface area contributed by atoms with Gasteiger partial charge in [-0.05, 0) is 6.42 Å². The normalized spacial score (nSPS) is 14.8. The predicted octanol–water partition coefficient (Wildman–Crippen LogP) is 0.841. The SMILES string of the molecule is CCC(O)CNOCC(F)(F)F. The predicted molar refractivity (Wildman–Crippen MR) is 36.3 cm³/mol. The molecule has 1 atom stereocenters. The van der Waals surface area contributed by atoms with Crippen molar-refractivity contribution in [2.45, 2.75) is 25.6 Å². The van der Waals surface area contributed by atoms with E-state index >= 15 is 0 Å². The van der Waals surface area contributed by atoms with E-state index in [1.807, 2.05) is 5.48 Å². The van der Waals surface area contributed by atoms with Gasteiger partial charge >= 0.3 is 6.18 Å². The van der Waals surface area contributed by atoms with Crippen molar-refractivity contribution in [3.63, 3.8) is 0 Å². The van der Waals surface area contributed by atoms with Crippen LogP contribution in [0.25, 0.3) is 0 Å². The molecule has 0 heterocycles. The number of rotatable bonds is 5. The molecule has 0 aliphatic rings. The zero-order chi connectivity index (χ0) is 9.61. The van der Waals surface area contributed by atoms with Crippen LogP contribution in [-0.2, 0) is 4.84 Å². The molecule has 0 bridgehead atoms. The van der Waals surface area contributed by atoms with Crippen molar-refractivity contribution in [1.29, 1.82) is 0 Å². The average molecular weight is 187 g/mol. The zero-order valence-corrected chi connectivity index (χ0v) is 6.69. The molecule has 3 nitrogen and oxygen atoms in total. The minimum atomic E-state index is -4.33. The molecule has 1 unspecified atom stereocenters. The summed E-state index contributed by atoms with van der Waals surface area (Å²) in [5, 5.41) is 8.86. The first-order valence-corrected chi connectivity index (χ1v) is 3.55. The van der Waals surface area contributed by atoms with Crippen LogP contribution >= 0.6 is 0 Å². The first kappa shape index (κ1) is 11.7. The van der Waals surface area contributed by atoms with E-state index < -0.39 is 18.9 Å². The van der Waals surface area contributed by atoms with Crippen molar-refractivity contribution in [3.05, 3.63) is 0 Å². The molecule has 0 rings (SSSR count). The number of aliphatic hydroxyl groups is 1. The standard InChI is InChI=1S/C6H12F3NO2/c1-2-5(11)3-10-12-4-6(7,8)9/h5,10-11H,2-4H2,1H3. The van der Waals surface area contributed by atoms with Crippen molar-refractivity contribution in [1.82, 2.24) is 5.48 Å². The Morgan fingerprint density at radius 1 is 1.50 bits per heavy atom. The zero-order valence-electron chi connectivity index (χ0n) is 6.69. The molecular weight excluding hydrogens is 175 g/mol. The highest BCUT2D eigenvalue weighted by Crippen LogP contribution is 2.13. The van der Waals surface area contributed by atoms with Crippen molar-refractivity contribution >= 4 is 0 Å². The third-order valence-electron chi connectivity index (χ3n) is 1.13. The van der Waals surface area contributed by atoms with Crippen LogP contribution in [0.15, 0.2) is 0 Å². The Hall–Kier alpha value is -0.330. The average Bonchev–Trinajstić information content (AvgIpc) is 1.96. The van der Waals surface area contributed by atoms with Crippen molar-refractivity contribution < 1.29 is 23.1 Å². The number of halogens is 3. The summed E-state index contributed by atoms with van der Waals surface area (Å²) in [6, 6.07) is 0. The van der Waals surface area contributed by atoms with Gasteiger partial charge in [0.1, 0.15) is 0 Å². The topological polar surface area (TPSA) is 41.5 Å². The Kier molecular flexibility index (Phi) is 5.19. The molecule has 74 valence electrons. The maximum atomic E-state index is 11.4. The van der Waals surface area contributed by atoms with Gasteiger partial charge in [-0.2, -0.15) is 18.7 Å². The third-order valence-corrected chi connectivity index (χ3v) is 1.13. The molecule has 0 saturated heterocycles. The van der Waals surface area contributed by atoms with Crippen LogP contribution in [0, 0.1) is 0 Å². The van der Waals surface area contributed by atoms with E-state index in [9.17, 15) is 13.2 Å². The van der Waals surface area contributed by atoms with Crippen LogP contribution in [0.1, 0.15) is 13.3 Å². The molecule has 0 fully saturated rings. The summed E-state index contributed by atoms with van der Waals surface area (Å²) >= 11 is 0.